The molecule has 0 N–H and O–H groups in total. The fourth-order valence-corrected chi connectivity index (χ4v) is 0.635. The molecule has 0 spiro atoms. The van der Waals surface area contributed by atoms with E-state index < -0.39 is 0 Å². The topological polar surface area (TPSA) is 37.9 Å². The van der Waals surface area contributed by atoms with Gasteiger partial charge in [0.1, 0.15) is 12.1 Å². The molecule has 0 aromatic carbocycles. The molecule has 0 saturated carbocycles. The summed E-state index contributed by atoms with van der Waals surface area (Å²) in [5.41, 5.74) is 0. The van der Waals surface area contributed by atoms with Crippen molar-refractivity contribution < 1.29 is 4.42 Å². The third-order valence-corrected chi connectivity index (χ3v) is 1.11. The van der Waals surface area contributed by atoms with Gasteiger partial charge >= 0.3 is 0 Å². The van der Waals surface area contributed by atoms with Crippen LogP contribution in [0.15, 0.2) is 45.1 Å². The molecule has 0 aliphatic rings. The van der Waals surface area contributed by atoms with Crippen molar-refractivity contribution >= 4 is 12.6 Å². The van der Waals surface area contributed by atoms with Crippen molar-refractivity contribution in [1.29, 1.82) is 0 Å². The molecule has 62 valence electrons. The second kappa shape index (κ2) is 5.07. The summed E-state index contributed by atoms with van der Waals surface area (Å²) < 4.78 is 5.01. The Morgan fingerprint density at radius 2 is 2.33 bits per heavy atom. The Morgan fingerprint density at radius 1 is 1.42 bits per heavy atom. The molecule has 12 heavy (non-hydrogen) atoms. The molecule has 0 fully saturated rings. The Kier molecular flexibility index (Phi) is 3.57. The number of furan rings is 1. The normalized spacial score (nSPS) is 12.4. The Labute approximate surface area is 71.2 Å². The summed E-state index contributed by atoms with van der Waals surface area (Å²) in [5.74, 6) is 0.724. The second-order valence-electron chi connectivity index (χ2n) is 2.04. The van der Waals surface area contributed by atoms with Crippen LogP contribution < -0.4 is 0 Å². The summed E-state index contributed by atoms with van der Waals surface area (Å²) in [6, 6.07) is 3.64. The zero-order chi connectivity index (χ0) is 8.65. The lowest BCUT2D eigenvalue weighted by Crippen LogP contribution is -1.73. The maximum absolute atomic E-state index is 5.01. The van der Waals surface area contributed by atoms with E-state index in [1.54, 1.807) is 18.7 Å². The van der Waals surface area contributed by atoms with Crippen LogP contribution in [-0.4, -0.2) is 12.6 Å². The molecule has 0 aliphatic heterocycles. The Hall–Kier alpha value is -1.64. The van der Waals surface area contributed by atoms with Crippen molar-refractivity contribution in [2.24, 2.45) is 9.98 Å². The summed E-state index contributed by atoms with van der Waals surface area (Å²) in [7, 11) is 0. The van der Waals surface area contributed by atoms with Crippen LogP contribution in [-0.2, 0) is 0 Å². The minimum absolute atomic E-state index is 0.724. The first kappa shape index (κ1) is 8.46. The van der Waals surface area contributed by atoms with Gasteiger partial charge in [0, 0.05) is 6.20 Å². The minimum Gasteiger partial charge on any atom is -0.463 e. The highest BCUT2D eigenvalue weighted by atomic mass is 16.3. The fraction of sp³-hybridized carbons (Fsp3) is 0.111. The molecular formula is C9H10N2O. The number of hydrogen-bond acceptors (Lipinski definition) is 2. The molecule has 0 unspecified atom stereocenters. The van der Waals surface area contributed by atoms with Gasteiger partial charge < -0.3 is 4.42 Å². The van der Waals surface area contributed by atoms with Gasteiger partial charge in [0.05, 0.1) is 12.5 Å². The van der Waals surface area contributed by atoms with Crippen LogP contribution in [0.1, 0.15) is 12.7 Å². The maximum atomic E-state index is 5.01. The van der Waals surface area contributed by atoms with Gasteiger partial charge in [-0.25, -0.2) is 9.98 Å². The number of allylic oxidation sites excluding steroid dienone is 1. The second-order valence-corrected chi connectivity index (χ2v) is 2.04. The van der Waals surface area contributed by atoms with Crippen molar-refractivity contribution in [3.05, 3.63) is 36.4 Å². The lowest BCUT2D eigenvalue weighted by molar-refractivity contribution is 0.560. The maximum Gasteiger partial charge on any atom is 0.144 e. The predicted octanol–water partition coefficient (Wildman–Crippen LogP) is 2.26. The summed E-state index contributed by atoms with van der Waals surface area (Å²) in [6.07, 6.45) is 8.17. The van der Waals surface area contributed by atoms with Gasteiger partial charge in [-0.15, -0.1) is 0 Å². The number of rotatable bonds is 3. The van der Waals surface area contributed by atoms with E-state index >= 15 is 0 Å². The highest BCUT2D eigenvalue weighted by Gasteiger charge is 1.84. The summed E-state index contributed by atoms with van der Waals surface area (Å²) in [5, 5.41) is 0. The van der Waals surface area contributed by atoms with E-state index in [-0.39, 0.29) is 0 Å². The molecule has 3 nitrogen and oxygen atoms in total. The number of hydrogen-bond donors (Lipinski definition) is 0. The lowest BCUT2D eigenvalue weighted by Gasteiger charge is -1.78. The molecule has 0 aliphatic carbocycles. The molecule has 1 aromatic rings. The molecule has 0 bridgehead atoms. The van der Waals surface area contributed by atoms with Crippen molar-refractivity contribution in [1.82, 2.24) is 0 Å². The van der Waals surface area contributed by atoms with Crippen LogP contribution in [0.25, 0.3) is 0 Å². The first-order valence-electron chi connectivity index (χ1n) is 3.63. The predicted molar refractivity (Wildman–Crippen MR) is 49.6 cm³/mol. The zero-order valence-corrected chi connectivity index (χ0v) is 6.84. The van der Waals surface area contributed by atoms with Crippen molar-refractivity contribution in [3.63, 3.8) is 0 Å². The summed E-state index contributed by atoms with van der Waals surface area (Å²) >= 11 is 0. The fourth-order valence-electron chi connectivity index (χ4n) is 0.635. The average Bonchev–Trinajstić information content (AvgIpc) is 2.57. The van der Waals surface area contributed by atoms with Crippen molar-refractivity contribution in [3.8, 4) is 0 Å². The quantitative estimate of drug-likeness (QED) is 0.496. The molecule has 1 rings (SSSR count). The minimum atomic E-state index is 0.724. The first-order valence-corrected chi connectivity index (χ1v) is 3.63. The standard InChI is InChI=1S/C9H10N2O/c1-2-5-10-8-11-7-9-4-3-6-12-9/h2-8H,1H3/b5-2-,10-8-,11-7+. The van der Waals surface area contributed by atoms with Gasteiger partial charge in [0.2, 0.25) is 0 Å². The summed E-state index contributed by atoms with van der Waals surface area (Å²) in [6.45, 7) is 1.90. The van der Waals surface area contributed by atoms with Gasteiger partial charge in [-0.2, -0.15) is 0 Å². The average molecular weight is 162 g/mol. The van der Waals surface area contributed by atoms with E-state index in [0.29, 0.717) is 0 Å². The van der Waals surface area contributed by atoms with Crippen LogP contribution in [0.5, 0.6) is 0 Å². The van der Waals surface area contributed by atoms with E-state index in [2.05, 4.69) is 9.98 Å². The van der Waals surface area contributed by atoms with Crippen molar-refractivity contribution in [2.45, 2.75) is 6.92 Å². The van der Waals surface area contributed by atoms with Crippen LogP contribution >= 0.6 is 0 Å². The van der Waals surface area contributed by atoms with Gasteiger partial charge in [-0.3, -0.25) is 0 Å². The van der Waals surface area contributed by atoms with Crippen molar-refractivity contribution in [2.75, 3.05) is 0 Å². The molecule has 3 heteroatoms. The largest absolute Gasteiger partial charge is 0.463 e. The van der Waals surface area contributed by atoms with E-state index in [1.165, 1.54) is 6.34 Å². The van der Waals surface area contributed by atoms with E-state index in [9.17, 15) is 0 Å². The summed E-state index contributed by atoms with van der Waals surface area (Å²) in [4.78, 5) is 7.73. The highest BCUT2D eigenvalue weighted by molar-refractivity contribution is 5.83. The van der Waals surface area contributed by atoms with Crippen LogP contribution in [0.4, 0.5) is 0 Å². The van der Waals surface area contributed by atoms with E-state index in [1.807, 2.05) is 25.1 Å². The first-order chi connectivity index (χ1) is 5.93. The molecular weight excluding hydrogens is 152 g/mol. The molecule has 1 heterocycles. The van der Waals surface area contributed by atoms with Gasteiger partial charge in [0.15, 0.2) is 0 Å². The lowest BCUT2D eigenvalue weighted by atomic mass is 10.5. The SMILES string of the molecule is C\C=C/N=C\N=C\c1ccco1. The molecule has 0 amide bonds. The number of nitrogens with zero attached hydrogens (tertiary/aromatic N) is 2. The third-order valence-electron chi connectivity index (χ3n) is 1.11. The van der Waals surface area contributed by atoms with E-state index in [4.69, 9.17) is 4.42 Å². The highest BCUT2D eigenvalue weighted by Crippen LogP contribution is 1.94. The van der Waals surface area contributed by atoms with Gasteiger partial charge in [0.25, 0.3) is 0 Å². The Balaban J connectivity index is 2.41. The number of aliphatic imine (C=N–C) groups is 2. The molecule has 1 aromatic heterocycles. The zero-order valence-electron chi connectivity index (χ0n) is 6.84. The van der Waals surface area contributed by atoms with Gasteiger partial charge in [-0.05, 0) is 19.1 Å². The van der Waals surface area contributed by atoms with Gasteiger partial charge in [-0.1, -0.05) is 6.08 Å². The Bertz CT molecular complexity index is 283. The third kappa shape index (κ3) is 2.96. The Morgan fingerprint density at radius 3 is 3.00 bits per heavy atom. The molecule has 0 atom stereocenters. The van der Waals surface area contributed by atoms with Crippen LogP contribution in [0.3, 0.4) is 0 Å². The van der Waals surface area contributed by atoms with E-state index in [0.717, 1.165) is 5.76 Å². The van der Waals surface area contributed by atoms with Crippen LogP contribution in [0.2, 0.25) is 0 Å². The monoisotopic (exact) mass is 162 g/mol. The molecule has 0 radical (unpaired) electrons. The molecule has 0 saturated heterocycles. The smallest absolute Gasteiger partial charge is 0.144 e. The van der Waals surface area contributed by atoms with Crippen LogP contribution in [0, 0.1) is 0 Å².